The van der Waals surface area contributed by atoms with Gasteiger partial charge in [0.15, 0.2) is 0 Å². The van der Waals surface area contributed by atoms with Crippen LogP contribution < -0.4 is 10.5 Å². The molecule has 0 atom stereocenters. The monoisotopic (exact) mass is 369 g/mol. The van der Waals surface area contributed by atoms with E-state index in [1.54, 1.807) is 24.3 Å². The molecule has 1 heterocycles. The minimum Gasteiger partial charge on any atom is -0.348 e. The number of halogens is 1. The van der Waals surface area contributed by atoms with Gasteiger partial charge in [-0.25, -0.2) is 18.5 Å². The quantitative estimate of drug-likeness (QED) is 0.795. The number of pyridine rings is 1. The first-order valence-electron chi connectivity index (χ1n) is 5.88. The van der Waals surface area contributed by atoms with Crippen molar-refractivity contribution in [1.29, 1.82) is 0 Å². The van der Waals surface area contributed by atoms with E-state index < -0.39 is 10.0 Å². The van der Waals surface area contributed by atoms with Gasteiger partial charge < -0.3 is 5.32 Å². The van der Waals surface area contributed by atoms with E-state index in [0.717, 1.165) is 5.56 Å². The molecule has 0 spiro atoms. The van der Waals surface area contributed by atoms with Gasteiger partial charge in [0.2, 0.25) is 10.0 Å². The summed E-state index contributed by atoms with van der Waals surface area (Å²) in [6.07, 6.45) is 1.53. The van der Waals surface area contributed by atoms with Gasteiger partial charge in [0.25, 0.3) is 5.91 Å². The van der Waals surface area contributed by atoms with Crippen molar-refractivity contribution in [3.63, 3.8) is 0 Å². The fraction of sp³-hybridized carbons (Fsp3) is 0.0769. The second-order valence-electron chi connectivity index (χ2n) is 4.24. The van der Waals surface area contributed by atoms with Crippen LogP contribution in [0.1, 0.15) is 15.9 Å². The molecular formula is C13H12BrN3O3S. The first kappa shape index (κ1) is 15.6. The number of nitrogens with one attached hydrogen (secondary N) is 1. The van der Waals surface area contributed by atoms with Gasteiger partial charge in [-0.15, -0.1) is 0 Å². The lowest BCUT2D eigenvalue weighted by atomic mass is 10.2. The summed E-state index contributed by atoms with van der Waals surface area (Å²) in [6, 6.07) is 9.22. The first-order valence-corrected chi connectivity index (χ1v) is 8.22. The van der Waals surface area contributed by atoms with Gasteiger partial charge in [-0.3, -0.25) is 4.79 Å². The van der Waals surface area contributed by atoms with Crippen LogP contribution in [0.4, 0.5) is 0 Å². The number of hydrogen-bond donors (Lipinski definition) is 2. The molecule has 0 bridgehead atoms. The van der Waals surface area contributed by atoms with Crippen LogP contribution in [0.3, 0.4) is 0 Å². The van der Waals surface area contributed by atoms with Crippen molar-refractivity contribution in [2.24, 2.45) is 5.14 Å². The minimum atomic E-state index is -3.70. The fourth-order valence-corrected chi connectivity index (χ4v) is 2.51. The summed E-state index contributed by atoms with van der Waals surface area (Å²) in [5.41, 5.74) is 1.25. The number of primary sulfonamides is 1. The van der Waals surface area contributed by atoms with Crippen LogP contribution in [-0.2, 0) is 16.6 Å². The lowest BCUT2D eigenvalue weighted by Crippen LogP contribution is -2.22. The maximum Gasteiger partial charge on any atom is 0.251 e. The first-order chi connectivity index (χ1) is 9.86. The average Bonchev–Trinajstić information content (AvgIpc) is 2.44. The van der Waals surface area contributed by atoms with Crippen LogP contribution in [0, 0.1) is 0 Å². The van der Waals surface area contributed by atoms with E-state index in [4.69, 9.17) is 5.14 Å². The summed E-state index contributed by atoms with van der Waals surface area (Å²) in [4.78, 5) is 15.9. The molecule has 0 unspecified atom stereocenters. The molecule has 0 fully saturated rings. The largest absolute Gasteiger partial charge is 0.348 e. The van der Waals surface area contributed by atoms with Crippen molar-refractivity contribution < 1.29 is 13.2 Å². The van der Waals surface area contributed by atoms with Crippen LogP contribution in [-0.4, -0.2) is 19.3 Å². The standard InChI is InChI=1S/C13H12BrN3O3S/c14-12-7-10(5-6-16-12)13(18)17-8-9-1-3-11(4-2-9)21(15,19)20/h1-7H,8H2,(H,17,18)(H2,15,19,20). The van der Waals surface area contributed by atoms with Crippen molar-refractivity contribution >= 4 is 31.9 Å². The molecule has 0 saturated carbocycles. The van der Waals surface area contributed by atoms with E-state index in [9.17, 15) is 13.2 Å². The number of benzene rings is 1. The molecule has 110 valence electrons. The van der Waals surface area contributed by atoms with E-state index in [-0.39, 0.29) is 17.3 Å². The molecular weight excluding hydrogens is 358 g/mol. The highest BCUT2D eigenvalue weighted by Crippen LogP contribution is 2.10. The molecule has 1 aromatic carbocycles. The highest BCUT2D eigenvalue weighted by molar-refractivity contribution is 9.10. The van der Waals surface area contributed by atoms with Crippen molar-refractivity contribution in [1.82, 2.24) is 10.3 Å². The third kappa shape index (κ3) is 4.35. The number of nitrogens with two attached hydrogens (primary N) is 1. The Bertz CT molecular complexity index is 760. The Morgan fingerprint density at radius 1 is 1.24 bits per heavy atom. The number of carbonyl (C=O) groups excluding carboxylic acids is 1. The predicted molar refractivity (Wildman–Crippen MR) is 80.9 cm³/mol. The van der Waals surface area contributed by atoms with Crippen LogP contribution >= 0.6 is 15.9 Å². The number of rotatable bonds is 4. The maximum absolute atomic E-state index is 11.9. The molecule has 0 aliphatic rings. The molecule has 21 heavy (non-hydrogen) atoms. The Morgan fingerprint density at radius 3 is 2.48 bits per heavy atom. The smallest absolute Gasteiger partial charge is 0.251 e. The maximum atomic E-state index is 11.9. The van der Waals surface area contributed by atoms with Crippen molar-refractivity contribution in [3.8, 4) is 0 Å². The number of amides is 1. The molecule has 0 radical (unpaired) electrons. The molecule has 2 rings (SSSR count). The van der Waals surface area contributed by atoms with Crippen LogP contribution in [0.15, 0.2) is 52.1 Å². The van der Waals surface area contributed by atoms with Crippen LogP contribution in [0.2, 0.25) is 0 Å². The van der Waals surface area contributed by atoms with Crippen molar-refractivity contribution in [3.05, 3.63) is 58.3 Å². The van der Waals surface area contributed by atoms with Crippen LogP contribution in [0.25, 0.3) is 0 Å². The second kappa shape index (κ2) is 6.33. The highest BCUT2D eigenvalue weighted by atomic mass is 79.9. The highest BCUT2D eigenvalue weighted by Gasteiger charge is 2.08. The Morgan fingerprint density at radius 2 is 1.90 bits per heavy atom. The molecule has 0 aliphatic carbocycles. The van der Waals surface area contributed by atoms with Gasteiger partial charge in [0.1, 0.15) is 4.60 Å². The second-order valence-corrected chi connectivity index (χ2v) is 6.61. The van der Waals surface area contributed by atoms with E-state index in [1.165, 1.54) is 18.3 Å². The molecule has 2 aromatic rings. The third-order valence-electron chi connectivity index (χ3n) is 2.69. The Labute approximate surface area is 130 Å². The Kier molecular flexibility index (Phi) is 4.71. The predicted octanol–water partition coefficient (Wildman–Crippen LogP) is 1.42. The van der Waals surface area contributed by atoms with Gasteiger partial charge in [0.05, 0.1) is 4.90 Å². The summed E-state index contributed by atoms with van der Waals surface area (Å²) in [5.74, 6) is -0.242. The molecule has 8 heteroatoms. The number of hydrogen-bond acceptors (Lipinski definition) is 4. The number of sulfonamides is 1. The third-order valence-corrected chi connectivity index (χ3v) is 4.06. The summed E-state index contributed by atoms with van der Waals surface area (Å²) in [7, 11) is -3.70. The fourth-order valence-electron chi connectivity index (χ4n) is 1.63. The normalized spacial score (nSPS) is 11.1. The molecule has 1 amide bonds. The van der Waals surface area contributed by atoms with Gasteiger partial charge >= 0.3 is 0 Å². The Balaban J connectivity index is 2.02. The van der Waals surface area contributed by atoms with Crippen LogP contribution in [0.5, 0.6) is 0 Å². The zero-order valence-corrected chi connectivity index (χ0v) is 13.2. The topological polar surface area (TPSA) is 102 Å². The average molecular weight is 370 g/mol. The lowest BCUT2D eigenvalue weighted by Gasteiger charge is -2.06. The summed E-state index contributed by atoms with van der Waals surface area (Å²) < 4.78 is 22.8. The zero-order chi connectivity index (χ0) is 15.5. The number of aromatic nitrogens is 1. The molecule has 1 aromatic heterocycles. The van der Waals surface area contributed by atoms with E-state index in [0.29, 0.717) is 10.2 Å². The van der Waals surface area contributed by atoms with Gasteiger partial charge in [-0.05, 0) is 45.8 Å². The summed E-state index contributed by atoms with van der Waals surface area (Å²) in [6.45, 7) is 0.281. The number of nitrogens with zero attached hydrogens (tertiary/aromatic N) is 1. The van der Waals surface area contributed by atoms with Crippen molar-refractivity contribution in [2.75, 3.05) is 0 Å². The minimum absolute atomic E-state index is 0.0376. The van der Waals surface area contributed by atoms with E-state index in [2.05, 4.69) is 26.2 Å². The molecule has 3 N–H and O–H groups in total. The zero-order valence-electron chi connectivity index (χ0n) is 10.8. The molecule has 0 aliphatic heterocycles. The Hall–Kier alpha value is -1.77. The SMILES string of the molecule is NS(=O)(=O)c1ccc(CNC(=O)c2ccnc(Br)c2)cc1. The summed E-state index contributed by atoms with van der Waals surface area (Å²) >= 11 is 3.19. The number of carbonyl (C=O) groups is 1. The molecule has 6 nitrogen and oxygen atoms in total. The summed E-state index contributed by atoms with van der Waals surface area (Å²) in [5, 5.41) is 7.74. The van der Waals surface area contributed by atoms with Gasteiger partial charge in [0, 0.05) is 18.3 Å². The van der Waals surface area contributed by atoms with Crippen molar-refractivity contribution in [2.45, 2.75) is 11.4 Å². The van der Waals surface area contributed by atoms with E-state index in [1.807, 2.05) is 0 Å². The van der Waals surface area contributed by atoms with Gasteiger partial charge in [-0.2, -0.15) is 0 Å². The van der Waals surface area contributed by atoms with E-state index >= 15 is 0 Å². The lowest BCUT2D eigenvalue weighted by molar-refractivity contribution is 0.0950. The van der Waals surface area contributed by atoms with Gasteiger partial charge in [-0.1, -0.05) is 12.1 Å². The molecule has 0 saturated heterocycles.